The van der Waals surface area contributed by atoms with Crippen molar-refractivity contribution in [1.29, 1.82) is 0 Å². The van der Waals surface area contributed by atoms with Gasteiger partial charge < -0.3 is 9.84 Å². The first-order valence-electron chi connectivity index (χ1n) is 7.46. The largest absolute Gasteiger partial charge is 0.481 e. The molecule has 0 radical (unpaired) electrons. The quantitative estimate of drug-likeness (QED) is 0.833. The third-order valence-corrected chi connectivity index (χ3v) is 5.48. The van der Waals surface area contributed by atoms with E-state index in [4.69, 9.17) is 4.74 Å². The van der Waals surface area contributed by atoms with Crippen LogP contribution in [0.3, 0.4) is 0 Å². The summed E-state index contributed by atoms with van der Waals surface area (Å²) in [5, 5.41) is 9.67. The van der Waals surface area contributed by atoms with E-state index >= 15 is 0 Å². The first kappa shape index (κ1) is 13.9. The van der Waals surface area contributed by atoms with Gasteiger partial charge in [-0.3, -0.25) is 4.79 Å². The van der Waals surface area contributed by atoms with Crippen molar-refractivity contribution < 1.29 is 14.6 Å². The molecule has 3 heteroatoms. The molecule has 1 unspecified atom stereocenters. The van der Waals surface area contributed by atoms with Gasteiger partial charge in [0.15, 0.2) is 0 Å². The summed E-state index contributed by atoms with van der Waals surface area (Å²) in [6.45, 7) is 4.79. The second-order valence-electron chi connectivity index (χ2n) is 6.10. The Labute approximate surface area is 110 Å². The van der Waals surface area contributed by atoms with Gasteiger partial charge in [-0.1, -0.05) is 26.7 Å². The Balaban J connectivity index is 2.18. The zero-order valence-electron chi connectivity index (χ0n) is 11.7. The summed E-state index contributed by atoms with van der Waals surface area (Å²) in [6, 6.07) is 0. The Bertz CT molecular complexity index is 301. The van der Waals surface area contributed by atoms with Gasteiger partial charge in [-0.2, -0.15) is 0 Å². The molecule has 2 rings (SSSR count). The van der Waals surface area contributed by atoms with Crippen LogP contribution >= 0.6 is 0 Å². The topological polar surface area (TPSA) is 46.5 Å². The minimum atomic E-state index is -0.604. The lowest BCUT2D eigenvalue weighted by atomic mass is 9.65. The highest BCUT2D eigenvalue weighted by Gasteiger charge is 2.49. The molecule has 1 heterocycles. The number of carboxylic acid groups (broad SMARTS) is 1. The van der Waals surface area contributed by atoms with Gasteiger partial charge in [0.1, 0.15) is 0 Å². The summed E-state index contributed by atoms with van der Waals surface area (Å²) in [5.74, 6) is -0.315. The molecular weight excluding hydrogens is 228 g/mol. The van der Waals surface area contributed by atoms with Crippen LogP contribution in [0.1, 0.15) is 65.2 Å². The van der Waals surface area contributed by atoms with E-state index in [1.165, 1.54) is 12.8 Å². The van der Waals surface area contributed by atoms with Gasteiger partial charge >= 0.3 is 5.97 Å². The molecule has 3 nitrogen and oxygen atoms in total. The molecule has 18 heavy (non-hydrogen) atoms. The average molecular weight is 254 g/mol. The van der Waals surface area contributed by atoms with Gasteiger partial charge in [-0.05, 0) is 44.4 Å². The summed E-state index contributed by atoms with van der Waals surface area (Å²) in [4.78, 5) is 11.7. The number of ether oxygens (including phenoxy) is 1. The number of carbonyl (C=O) groups is 1. The van der Waals surface area contributed by atoms with Crippen molar-refractivity contribution in [1.82, 2.24) is 0 Å². The molecule has 0 amide bonds. The van der Waals surface area contributed by atoms with Crippen LogP contribution in [-0.4, -0.2) is 23.3 Å². The minimum absolute atomic E-state index is 0.0218. The third kappa shape index (κ3) is 2.18. The molecule has 1 spiro atoms. The molecule has 2 fully saturated rings. The van der Waals surface area contributed by atoms with E-state index in [9.17, 15) is 9.90 Å². The molecule has 1 N–H and O–H groups in total. The maximum Gasteiger partial charge on any atom is 0.309 e. The van der Waals surface area contributed by atoms with E-state index in [1.54, 1.807) is 0 Å². The molecular formula is C15H26O3. The van der Waals surface area contributed by atoms with Gasteiger partial charge in [0.05, 0.1) is 11.0 Å². The summed E-state index contributed by atoms with van der Waals surface area (Å²) in [6.07, 6.45) is 8.09. The van der Waals surface area contributed by atoms with Crippen molar-refractivity contribution in [2.24, 2.45) is 11.3 Å². The summed E-state index contributed by atoms with van der Waals surface area (Å²) < 4.78 is 6.03. The molecule has 1 aliphatic heterocycles. The van der Waals surface area contributed by atoms with Crippen LogP contribution in [0.25, 0.3) is 0 Å². The second kappa shape index (κ2) is 5.20. The molecule has 0 aromatic rings. The fourth-order valence-electron chi connectivity index (χ4n) is 4.17. The fourth-order valence-corrected chi connectivity index (χ4v) is 4.17. The Morgan fingerprint density at radius 2 is 1.94 bits per heavy atom. The molecule has 2 aliphatic rings. The first-order valence-corrected chi connectivity index (χ1v) is 7.46. The highest BCUT2D eigenvalue weighted by molar-refractivity contribution is 5.75. The average Bonchev–Trinajstić information content (AvgIpc) is 2.79. The van der Waals surface area contributed by atoms with Crippen molar-refractivity contribution in [2.75, 3.05) is 6.61 Å². The minimum Gasteiger partial charge on any atom is -0.481 e. The first-order chi connectivity index (χ1) is 8.58. The van der Waals surface area contributed by atoms with Gasteiger partial charge in [0.2, 0.25) is 0 Å². The van der Waals surface area contributed by atoms with Gasteiger partial charge in [0.25, 0.3) is 0 Å². The van der Waals surface area contributed by atoms with Crippen molar-refractivity contribution in [3.63, 3.8) is 0 Å². The lowest BCUT2D eigenvalue weighted by molar-refractivity contribution is -0.164. The van der Waals surface area contributed by atoms with E-state index in [0.29, 0.717) is 0 Å². The lowest BCUT2D eigenvalue weighted by Crippen LogP contribution is -2.47. The summed E-state index contributed by atoms with van der Waals surface area (Å²) >= 11 is 0. The highest BCUT2D eigenvalue weighted by Crippen LogP contribution is 2.49. The van der Waals surface area contributed by atoms with Gasteiger partial charge in [-0.15, -0.1) is 0 Å². The van der Waals surface area contributed by atoms with Crippen molar-refractivity contribution in [2.45, 2.75) is 70.8 Å². The van der Waals surface area contributed by atoms with Crippen LogP contribution in [-0.2, 0) is 9.53 Å². The van der Waals surface area contributed by atoms with E-state index in [-0.39, 0.29) is 11.5 Å². The van der Waals surface area contributed by atoms with Crippen LogP contribution in [0.5, 0.6) is 0 Å². The molecule has 0 bridgehead atoms. The highest BCUT2D eigenvalue weighted by atomic mass is 16.5. The number of hydrogen-bond acceptors (Lipinski definition) is 2. The molecule has 1 saturated carbocycles. The second-order valence-corrected chi connectivity index (χ2v) is 6.10. The molecule has 1 atom stereocenters. The van der Waals surface area contributed by atoms with E-state index in [1.807, 2.05) is 13.8 Å². The monoisotopic (exact) mass is 254 g/mol. The summed E-state index contributed by atoms with van der Waals surface area (Å²) in [5.41, 5.74) is -0.507. The zero-order valence-corrected chi connectivity index (χ0v) is 11.7. The van der Waals surface area contributed by atoms with Crippen molar-refractivity contribution >= 4 is 5.97 Å². The van der Waals surface area contributed by atoms with E-state index in [2.05, 4.69) is 0 Å². The molecule has 0 aromatic carbocycles. The Kier molecular flexibility index (Phi) is 4.00. The maximum atomic E-state index is 11.7. The molecule has 1 aliphatic carbocycles. The number of aliphatic carboxylic acids is 1. The lowest BCUT2D eigenvalue weighted by Gasteiger charge is -2.45. The predicted octanol–water partition coefficient (Wildman–Crippen LogP) is 3.62. The standard InChI is InChI=1S/C15H26O3/c1-3-15(4-2,13(16)17)12-7-10-18-14(11-12)8-5-6-9-14/h12H,3-11H2,1-2H3,(H,16,17). The normalized spacial score (nSPS) is 27.6. The van der Waals surface area contributed by atoms with Gasteiger partial charge in [0, 0.05) is 6.61 Å². The molecule has 104 valence electrons. The number of hydrogen-bond donors (Lipinski definition) is 1. The van der Waals surface area contributed by atoms with Crippen LogP contribution in [0.15, 0.2) is 0 Å². The maximum absolute atomic E-state index is 11.7. The fraction of sp³-hybridized carbons (Fsp3) is 0.933. The Hall–Kier alpha value is -0.570. The SMILES string of the molecule is CCC(CC)(C(=O)O)C1CCOC2(CCCC2)C1. The summed E-state index contributed by atoms with van der Waals surface area (Å²) in [7, 11) is 0. The van der Waals surface area contributed by atoms with Crippen LogP contribution in [0, 0.1) is 11.3 Å². The number of rotatable bonds is 4. The molecule has 1 saturated heterocycles. The van der Waals surface area contributed by atoms with Crippen molar-refractivity contribution in [3.05, 3.63) is 0 Å². The predicted molar refractivity (Wildman–Crippen MR) is 70.5 cm³/mol. The van der Waals surface area contributed by atoms with Crippen molar-refractivity contribution in [3.8, 4) is 0 Å². The van der Waals surface area contributed by atoms with Crippen LogP contribution in [0.2, 0.25) is 0 Å². The van der Waals surface area contributed by atoms with Gasteiger partial charge in [-0.25, -0.2) is 0 Å². The Morgan fingerprint density at radius 1 is 1.33 bits per heavy atom. The third-order valence-electron chi connectivity index (χ3n) is 5.48. The smallest absolute Gasteiger partial charge is 0.309 e. The number of carboxylic acids is 1. The molecule has 0 aromatic heterocycles. The van der Waals surface area contributed by atoms with Crippen LogP contribution in [0.4, 0.5) is 0 Å². The zero-order chi connectivity index (χ0) is 13.2. The van der Waals surface area contributed by atoms with E-state index in [0.717, 1.165) is 45.1 Å². The Morgan fingerprint density at radius 3 is 2.44 bits per heavy atom. The van der Waals surface area contributed by atoms with Crippen LogP contribution < -0.4 is 0 Å². The van der Waals surface area contributed by atoms with E-state index < -0.39 is 11.4 Å².